The van der Waals surface area contributed by atoms with E-state index in [1.807, 2.05) is 0 Å². The summed E-state index contributed by atoms with van der Waals surface area (Å²) in [6.45, 7) is 0.512. The van der Waals surface area contributed by atoms with E-state index in [4.69, 9.17) is 25.7 Å². The average Bonchev–Trinajstić information content (AvgIpc) is 2.89. The van der Waals surface area contributed by atoms with Crippen molar-refractivity contribution in [1.29, 1.82) is 0 Å². The molecule has 0 unspecified atom stereocenters. The lowest BCUT2D eigenvalue weighted by Crippen LogP contribution is -2.12. The number of ether oxygens (including phenoxy) is 3. The molecule has 5 nitrogen and oxygen atoms in total. The molecule has 1 aliphatic rings. The van der Waals surface area contributed by atoms with Crippen molar-refractivity contribution in [2.45, 2.75) is 6.29 Å². The van der Waals surface area contributed by atoms with E-state index in [0.717, 1.165) is 0 Å². The highest BCUT2D eigenvalue weighted by Gasteiger charge is 2.25. The largest absolute Gasteiger partial charge is 0.481 e. The van der Waals surface area contributed by atoms with Crippen LogP contribution < -0.4 is 4.74 Å². The number of carbonyl (C=O) groups is 1. The highest BCUT2D eigenvalue weighted by molar-refractivity contribution is 5.68. The van der Waals surface area contributed by atoms with Crippen LogP contribution in [0.3, 0.4) is 0 Å². The quantitative estimate of drug-likeness (QED) is 0.810. The number of hydrogen-bond acceptors (Lipinski definition) is 4. The fraction of sp³-hybridized carbons (Fsp3) is 0.308. The smallest absolute Gasteiger partial charge is 0.341 e. The molecule has 1 aromatic carbocycles. The van der Waals surface area contributed by atoms with Gasteiger partial charge in [0.2, 0.25) is 0 Å². The summed E-state index contributed by atoms with van der Waals surface area (Å²) in [6, 6.07) is 5.07. The van der Waals surface area contributed by atoms with E-state index >= 15 is 0 Å². The zero-order valence-electron chi connectivity index (χ0n) is 9.59. The van der Waals surface area contributed by atoms with E-state index in [-0.39, 0.29) is 0 Å². The van der Waals surface area contributed by atoms with Crippen molar-refractivity contribution in [3.8, 4) is 18.1 Å². The Morgan fingerprint density at radius 1 is 1.50 bits per heavy atom. The van der Waals surface area contributed by atoms with Crippen LogP contribution in [-0.4, -0.2) is 30.9 Å². The molecule has 0 atom stereocenters. The van der Waals surface area contributed by atoms with Gasteiger partial charge in [-0.2, -0.15) is 0 Å². The number of carboxylic acids is 1. The fourth-order valence-corrected chi connectivity index (χ4v) is 1.70. The van der Waals surface area contributed by atoms with Gasteiger partial charge in [0.25, 0.3) is 0 Å². The minimum atomic E-state index is -1.06. The first-order valence-electron chi connectivity index (χ1n) is 5.39. The average molecular weight is 248 g/mol. The molecule has 1 aliphatic heterocycles. The Kier molecular flexibility index (Phi) is 3.82. The van der Waals surface area contributed by atoms with E-state index in [1.54, 1.807) is 18.2 Å². The summed E-state index contributed by atoms with van der Waals surface area (Å²) in [5.74, 6) is 1.83. The number of carboxylic acid groups (broad SMARTS) is 1. The van der Waals surface area contributed by atoms with Gasteiger partial charge in [0, 0.05) is 5.56 Å². The summed E-state index contributed by atoms with van der Waals surface area (Å²) in [5, 5.41) is 8.63. The summed E-state index contributed by atoms with van der Waals surface area (Å²) < 4.78 is 16.0. The Balaban J connectivity index is 2.32. The van der Waals surface area contributed by atoms with Crippen LogP contribution in [0.15, 0.2) is 18.2 Å². The molecular weight excluding hydrogens is 236 g/mol. The van der Waals surface area contributed by atoms with E-state index in [2.05, 4.69) is 5.92 Å². The molecular formula is C13H12O5. The van der Waals surface area contributed by atoms with E-state index in [9.17, 15) is 4.79 Å². The number of rotatable bonds is 4. The van der Waals surface area contributed by atoms with Gasteiger partial charge in [-0.3, -0.25) is 0 Å². The van der Waals surface area contributed by atoms with Crippen LogP contribution in [0.5, 0.6) is 5.75 Å². The third-order valence-corrected chi connectivity index (χ3v) is 2.43. The van der Waals surface area contributed by atoms with Gasteiger partial charge >= 0.3 is 5.97 Å². The monoisotopic (exact) mass is 248 g/mol. The van der Waals surface area contributed by atoms with Gasteiger partial charge in [-0.25, -0.2) is 4.79 Å². The molecule has 0 saturated carbocycles. The van der Waals surface area contributed by atoms with Crippen molar-refractivity contribution in [2.75, 3.05) is 19.8 Å². The van der Waals surface area contributed by atoms with Gasteiger partial charge in [-0.05, 0) is 12.1 Å². The number of benzene rings is 1. The maximum absolute atomic E-state index is 10.5. The number of hydrogen-bond donors (Lipinski definition) is 1. The van der Waals surface area contributed by atoms with E-state index in [0.29, 0.717) is 30.1 Å². The SMILES string of the molecule is C#Cc1cccc(OCC(=O)O)c1C1OCCO1. The molecule has 0 amide bonds. The van der Waals surface area contributed by atoms with Crippen molar-refractivity contribution < 1.29 is 24.1 Å². The summed E-state index contributed by atoms with van der Waals surface area (Å²) in [5.41, 5.74) is 1.14. The van der Waals surface area contributed by atoms with Gasteiger partial charge < -0.3 is 19.3 Å². The summed E-state index contributed by atoms with van der Waals surface area (Å²) in [6.07, 6.45) is 4.81. The van der Waals surface area contributed by atoms with Crippen LogP contribution in [0.4, 0.5) is 0 Å². The minimum absolute atomic E-state index is 0.375. The highest BCUT2D eigenvalue weighted by atomic mass is 16.7. The molecule has 0 radical (unpaired) electrons. The topological polar surface area (TPSA) is 65.0 Å². The van der Waals surface area contributed by atoms with E-state index in [1.165, 1.54) is 0 Å². The second-order valence-corrected chi connectivity index (χ2v) is 3.62. The van der Waals surface area contributed by atoms with Crippen LogP contribution in [0.1, 0.15) is 17.4 Å². The molecule has 1 heterocycles. The van der Waals surface area contributed by atoms with Crippen LogP contribution in [0.25, 0.3) is 0 Å². The lowest BCUT2D eigenvalue weighted by atomic mass is 10.1. The minimum Gasteiger partial charge on any atom is -0.481 e. The molecule has 18 heavy (non-hydrogen) atoms. The molecule has 1 saturated heterocycles. The van der Waals surface area contributed by atoms with Crippen LogP contribution in [0, 0.1) is 12.3 Å². The Bertz CT molecular complexity index is 483. The van der Waals surface area contributed by atoms with Crippen molar-refractivity contribution in [1.82, 2.24) is 0 Å². The fourth-order valence-electron chi connectivity index (χ4n) is 1.70. The molecule has 1 aromatic rings. The van der Waals surface area contributed by atoms with Gasteiger partial charge in [0.1, 0.15) is 5.75 Å². The van der Waals surface area contributed by atoms with Crippen molar-refractivity contribution in [3.63, 3.8) is 0 Å². The van der Waals surface area contributed by atoms with Gasteiger partial charge in [-0.1, -0.05) is 12.0 Å². The first kappa shape index (κ1) is 12.4. The predicted molar refractivity (Wildman–Crippen MR) is 62.2 cm³/mol. The van der Waals surface area contributed by atoms with Crippen molar-refractivity contribution in [2.24, 2.45) is 0 Å². The second-order valence-electron chi connectivity index (χ2n) is 3.62. The van der Waals surface area contributed by atoms with E-state index < -0.39 is 18.9 Å². The van der Waals surface area contributed by atoms with Crippen LogP contribution in [0.2, 0.25) is 0 Å². The summed E-state index contributed by atoms with van der Waals surface area (Å²) >= 11 is 0. The number of terminal acetylenes is 1. The maximum Gasteiger partial charge on any atom is 0.341 e. The Morgan fingerprint density at radius 2 is 2.22 bits per heavy atom. The molecule has 1 fully saturated rings. The van der Waals surface area contributed by atoms with Gasteiger partial charge in [-0.15, -0.1) is 6.42 Å². The maximum atomic E-state index is 10.5. The lowest BCUT2D eigenvalue weighted by Gasteiger charge is -2.16. The zero-order chi connectivity index (χ0) is 13.0. The summed E-state index contributed by atoms with van der Waals surface area (Å²) in [7, 11) is 0. The Morgan fingerprint density at radius 3 is 2.83 bits per heavy atom. The Hall–Kier alpha value is -2.03. The molecule has 94 valence electrons. The number of aliphatic carboxylic acids is 1. The first-order valence-corrected chi connectivity index (χ1v) is 5.39. The summed E-state index contributed by atoms with van der Waals surface area (Å²) in [4.78, 5) is 10.5. The molecule has 0 aromatic heterocycles. The van der Waals surface area contributed by atoms with Gasteiger partial charge in [0.05, 0.1) is 18.8 Å². The molecule has 0 bridgehead atoms. The first-order chi connectivity index (χ1) is 8.72. The molecule has 5 heteroatoms. The van der Waals surface area contributed by atoms with Crippen LogP contribution >= 0.6 is 0 Å². The van der Waals surface area contributed by atoms with Crippen LogP contribution in [-0.2, 0) is 14.3 Å². The standard InChI is InChI=1S/C13H12O5/c1-2-9-4-3-5-10(18-8-11(14)15)12(9)13-16-6-7-17-13/h1,3-5,13H,6-8H2,(H,14,15). The highest BCUT2D eigenvalue weighted by Crippen LogP contribution is 2.33. The molecule has 2 rings (SSSR count). The zero-order valence-corrected chi connectivity index (χ0v) is 9.59. The second kappa shape index (κ2) is 5.54. The normalized spacial score (nSPS) is 15.3. The lowest BCUT2D eigenvalue weighted by molar-refractivity contribution is -0.139. The van der Waals surface area contributed by atoms with Gasteiger partial charge in [0.15, 0.2) is 12.9 Å². The van der Waals surface area contributed by atoms with Crippen molar-refractivity contribution in [3.05, 3.63) is 29.3 Å². The third kappa shape index (κ3) is 2.62. The Labute approximate surface area is 104 Å². The molecule has 1 N–H and O–H groups in total. The predicted octanol–water partition coefficient (Wildman–Crippen LogP) is 1.18. The third-order valence-electron chi connectivity index (χ3n) is 2.43. The molecule has 0 aliphatic carbocycles. The molecule has 0 spiro atoms. The van der Waals surface area contributed by atoms with Crippen molar-refractivity contribution >= 4 is 5.97 Å².